The van der Waals surface area contributed by atoms with Crippen molar-refractivity contribution >= 4 is 22.8 Å². The summed E-state index contributed by atoms with van der Waals surface area (Å²) in [6.45, 7) is 2.77. The minimum Gasteiger partial charge on any atom is -0.339 e. The van der Waals surface area contributed by atoms with Crippen LogP contribution in [0.3, 0.4) is 0 Å². The van der Waals surface area contributed by atoms with Gasteiger partial charge >= 0.3 is 0 Å². The van der Waals surface area contributed by atoms with Gasteiger partial charge < -0.3 is 4.90 Å². The van der Waals surface area contributed by atoms with Crippen molar-refractivity contribution in [1.82, 2.24) is 4.90 Å². The van der Waals surface area contributed by atoms with Gasteiger partial charge in [0.2, 0.25) is 11.1 Å². The van der Waals surface area contributed by atoms with Crippen molar-refractivity contribution in [1.29, 1.82) is 0 Å². The number of hydrogen-bond acceptors (Lipinski definition) is 2. The van der Waals surface area contributed by atoms with E-state index >= 15 is 0 Å². The Morgan fingerprint density at radius 1 is 1.19 bits per heavy atom. The highest BCUT2D eigenvalue weighted by atomic mass is 35.5. The molecule has 5 rings (SSSR count). The molecule has 1 saturated heterocycles. The molecule has 21 heavy (non-hydrogen) atoms. The first kappa shape index (κ1) is 14.0. The van der Waals surface area contributed by atoms with E-state index in [1.54, 1.807) is 0 Å². The molecule has 4 heteroatoms. The van der Waals surface area contributed by atoms with Crippen molar-refractivity contribution in [2.75, 3.05) is 6.54 Å². The third-order valence-corrected chi connectivity index (χ3v) is 7.23. The number of hydrogen-bond donors (Lipinski definition) is 0. The van der Waals surface area contributed by atoms with Crippen LogP contribution in [0.25, 0.3) is 0 Å². The standard InChI is InChI=1S/C17H24ClNO2/c1-10(19-9-14(16(18)21)5-15(19)20)17-6-11-2-12(7-17)4-13(3-11)8-17/h10-14H,2-9H2,1H3/t10-,11?,12?,13?,14+,17?/m0/s1. The van der Waals surface area contributed by atoms with E-state index in [0.29, 0.717) is 18.4 Å². The predicted octanol–water partition coefficient (Wildman–Crippen LogP) is 3.21. The van der Waals surface area contributed by atoms with Crippen molar-refractivity contribution < 1.29 is 9.59 Å². The molecule has 5 aliphatic rings. The Labute approximate surface area is 131 Å². The number of nitrogens with zero attached hydrogens (tertiary/aromatic N) is 1. The molecule has 0 radical (unpaired) electrons. The minimum atomic E-state index is -0.344. The molecule has 0 N–H and O–H groups in total. The summed E-state index contributed by atoms with van der Waals surface area (Å²) in [5.74, 6) is 2.53. The number of carbonyl (C=O) groups excluding carboxylic acids is 2. The van der Waals surface area contributed by atoms with Crippen LogP contribution >= 0.6 is 11.6 Å². The summed E-state index contributed by atoms with van der Waals surface area (Å²) in [6.07, 6.45) is 8.46. The van der Waals surface area contributed by atoms with Gasteiger partial charge in [-0.3, -0.25) is 9.59 Å². The second-order valence-corrected chi connectivity index (χ2v) is 8.58. The molecule has 1 heterocycles. The SMILES string of the molecule is C[C@H](N1C[C@H](C(=O)Cl)CC1=O)C12CC3CC(CC(C3)C1)C2. The Balaban J connectivity index is 1.56. The lowest BCUT2D eigenvalue weighted by Gasteiger charge is -2.60. The molecular weight excluding hydrogens is 286 g/mol. The van der Waals surface area contributed by atoms with Gasteiger partial charge in [0.05, 0.1) is 5.92 Å². The smallest absolute Gasteiger partial charge is 0.227 e. The summed E-state index contributed by atoms with van der Waals surface area (Å²) in [5.41, 5.74) is 0.328. The zero-order valence-electron chi connectivity index (χ0n) is 12.7. The first-order valence-corrected chi connectivity index (χ1v) is 8.83. The number of amides is 1. The molecule has 116 valence electrons. The number of halogens is 1. The highest BCUT2D eigenvalue weighted by Crippen LogP contribution is 2.62. The van der Waals surface area contributed by atoms with Crippen LogP contribution in [0.5, 0.6) is 0 Å². The van der Waals surface area contributed by atoms with E-state index in [1.807, 2.05) is 4.90 Å². The van der Waals surface area contributed by atoms with E-state index in [9.17, 15) is 9.59 Å². The summed E-state index contributed by atoms with van der Waals surface area (Å²) in [4.78, 5) is 25.7. The molecule has 0 aromatic heterocycles. The fourth-order valence-electron chi connectivity index (χ4n) is 6.28. The van der Waals surface area contributed by atoms with E-state index in [-0.39, 0.29) is 23.1 Å². The van der Waals surface area contributed by atoms with E-state index < -0.39 is 0 Å². The van der Waals surface area contributed by atoms with Gasteiger partial charge in [0, 0.05) is 19.0 Å². The van der Waals surface area contributed by atoms with Gasteiger partial charge in [0.1, 0.15) is 0 Å². The Morgan fingerprint density at radius 2 is 1.71 bits per heavy atom. The zero-order chi connectivity index (χ0) is 14.8. The van der Waals surface area contributed by atoms with Crippen LogP contribution in [-0.4, -0.2) is 28.6 Å². The monoisotopic (exact) mass is 309 g/mol. The lowest BCUT2D eigenvalue weighted by atomic mass is 9.47. The molecule has 4 aliphatic carbocycles. The fourth-order valence-corrected chi connectivity index (χ4v) is 6.42. The first-order chi connectivity index (χ1) is 9.97. The average molecular weight is 310 g/mol. The lowest BCUT2D eigenvalue weighted by molar-refractivity contribution is -0.140. The molecular formula is C17H24ClNO2. The average Bonchev–Trinajstić information content (AvgIpc) is 2.78. The quantitative estimate of drug-likeness (QED) is 0.751. The molecule has 2 atom stereocenters. The highest BCUT2D eigenvalue weighted by Gasteiger charge is 2.55. The van der Waals surface area contributed by atoms with Crippen molar-refractivity contribution in [3.05, 3.63) is 0 Å². The minimum absolute atomic E-state index is 0.136. The van der Waals surface area contributed by atoms with Crippen molar-refractivity contribution in [2.24, 2.45) is 29.1 Å². The summed E-state index contributed by atoms with van der Waals surface area (Å²) < 4.78 is 0. The normalized spacial score (nSPS) is 46.2. The van der Waals surface area contributed by atoms with Crippen LogP contribution in [-0.2, 0) is 9.59 Å². The zero-order valence-corrected chi connectivity index (χ0v) is 13.4. The Hall–Kier alpha value is -0.570. The Morgan fingerprint density at radius 3 is 2.14 bits per heavy atom. The summed E-state index contributed by atoms with van der Waals surface area (Å²) in [7, 11) is 0. The van der Waals surface area contributed by atoms with Crippen LogP contribution in [0.15, 0.2) is 0 Å². The lowest BCUT2D eigenvalue weighted by Crippen LogP contribution is -2.56. The molecule has 0 spiro atoms. The maximum absolute atomic E-state index is 12.3. The van der Waals surface area contributed by atoms with Crippen LogP contribution in [0, 0.1) is 29.1 Å². The van der Waals surface area contributed by atoms with Crippen LogP contribution in [0.4, 0.5) is 0 Å². The molecule has 3 nitrogen and oxygen atoms in total. The summed E-state index contributed by atoms with van der Waals surface area (Å²) in [6, 6.07) is 0.277. The second-order valence-electron chi connectivity index (χ2n) is 8.21. The molecule has 0 aromatic carbocycles. The van der Waals surface area contributed by atoms with Gasteiger partial charge in [0.25, 0.3) is 0 Å². The maximum atomic E-state index is 12.3. The van der Waals surface area contributed by atoms with Gasteiger partial charge in [-0.15, -0.1) is 0 Å². The third-order valence-electron chi connectivity index (χ3n) is 6.92. The second kappa shape index (κ2) is 4.71. The number of rotatable bonds is 3. The fraction of sp³-hybridized carbons (Fsp3) is 0.882. The largest absolute Gasteiger partial charge is 0.339 e. The number of likely N-dealkylation sites (tertiary alicyclic amines) is 1. The van der Waals surface area contributed by atoms with Gasteiger partial charge in [-0.25, -0.2) is 0 Å². The molecule has 0 unspecified atom stereocenters. The maximum Gasteiger partial charge on any atom is 0.227 e. The van der Waals surface area contributed by atoms with Gasteiger partial charge in [0.15, 0.2) is 0 Å². The summed E-state index contributed by atoms with van der Waals surface area (Å²) >= 11 is 5.62. The van der Waals surface area contributed by atoms with Crippen LogP contribution in [0.1, 0.15) is 51.9 Å². The van der Waals surface area contributed by atoms with Gasteiger partial charge in [-0.2, -0.15) is 0 Å². The predicted molar refractivity (Wildman–Crippen MR) is 80.7 cm³/mol. The molecule has 1 aliphatic heterocycles. The summed E-state index contributed by atoms with van der Waals surface area (Å²) in [5, 5.41) is -0.344. The molecule has 0 aromatic rings. The Bertz CT molecular complexity index is 454. The van der Waals surface area contributed by atoms with Crippen LogP contribution < -0.4 is 0 Å². The van der Waals surface area contributed by atoms with Crippen molar-refractivity contribution in [2.45, 2.75) is 57.9 Å². The topological polar surface area (TPSA) is 37.4 Å². The number of carbonyl (C=O) groups is 2. The van der Waals surface area contributed by atoms with Gasteiger partial charge in [-0.05, 0) is 80.2 Å². The van der Waals surface area contributed by atoms with E-state index in [2.05, 4.69) is 6.92 Å². The molecule has 4 bridgehead atoms. The molecule has 5 fully saturated rings. The highest BCUT2D eigenvalue weighted by molar-refractivity contribution is 6.64. The van der Waals surface area contributed by atoms with E-state index in [0.717, 1.165) is 17.8 Å². The van der Waals surface area contributed by atoms with Crippen molar-refractivity contribution in [3.63, 3.8) is 0 Å². The Kier molecular flexibility index (Phi) is 3.15. The van der Waals surface area contributed by atoms with E-state index in [4.69, 9.17) is 11.6 Å². The van der Waals surface area contributed by atoms with E-state index in [1.165, 1.54) is 38.5 Å². The third kappa shape index (κ3) is 2.15. The molecule has 4 saturated carbocycles. The molecule has 1 amide bonds. The van der Waals surface area contributed by atoms with Crippen molar-refractivity contribution in [3.8, 4) is 0 Å². The van der Waals surface area contributed by atoms with Crippen LogP contribution in [0.2, 0.25) is 0 Å². The van der Waals surface area contributed by atoms with Gasteiger partial charge in [-0.1, -0.05) is 0 Å². The first-order valence-electron chi connectivity index (χ1n) is 8.45.